The van der Waals surface area contributed by atoms with Crippen molar-refractivity contribution in [3.63, 3.8) is 0 Å². The van der Waals surface area contributed by atoms with Crippen LogP contribution in [0.3, 0.4) is 0 Å². The predicted octanol–water partition coefficient (Wildman–Crippen LogP) is 3.61. The van der Waals surface area contributed by atoms with Crippen LogP contribution in [0.2, 0.25) is 0 Å². The molecule has 0 aliphatic heterocycles. The van der Waals surface area contributed by atoms with Crippen molar-refractivity contribution in [1.82, 2.24) is 0 Å². The van der Waals surface area contributed by atoms with E-state index in [4.69, 9.17) is 0 Å². The van der Waals surface area contributed by atoms with Gasteiger partial charge in [-0.3, -0.25) is 0 Å². The molecule has 3 rings (SSSR count). The van der Waals surface area contributed by atoms with E-state index in [2.05, 4.69) is 0 Å². The van der Waals surface area contributed by atoms with Crippen molar-refractivity contribution in [3.05, 3.63) is 0 Å². The van der Waals surface area contributed by atoms with E-state index in [0.717, 1.165) is 0 Å². The van der Waals surface area contributed by atoms with Crippen molar-refractivity contribution in [2.24, 2.45) is 23.7 Å². The minimum absolute atomic E-state index is 1.18. The molecule has 4 unspecified atom stereocenters. The molecule has 0 nitrogen and oxygen atoms in total. The van der Waals surface area contributed by atoms with Crippen molar-refractivity contribution < 1.29 is 0 Å². The maximum Gasteiger partial charge on any atom is -0.0355 e. The van der Waals surface area contributed by atoms with E-state index in [1.165, 1.54) is 23.7 Å². The molecule has 0 spiro atoms. The highest BCUT2D eigenvalue weighted by Crippen LogP contribution is 2.55. The average molecular weight is 164 g/mol. The normalized spacial score (nSPS) is 52.0. The van der Waals surface area contributed by atoms with E-state index in [-0.39, 0.29) is 0 Å². The molecule has 68 valence electrons. The largest absolute Gasteiger partial charge is 0.0530 e. The van der Waals surface area contributed by atoms with Crippen LogP contribution < -0.4 is 0 Å². The topological polar surface area (TPSA) is 0 Å². The summed E-state index contributed by atoms with van der Waals surface area (Å²) in [7, 11) is 0. The monoisotopic (exact) mass is 164 g/mol. The Bertz CT molecular complexity index is 173. The first-order chi connectivity index (χ1) is 5.95. The zero-order valence-corrected chi connectivity index (χ0v) is 7.97. The van der Waals surface area contributed by atoms with Crippen molar-refractivity contribution >= 4 is 0 Å². The molecular formula is C12H20. The lowest BCUT2D eigenvalue weighted by molar-refractivity contribution is 0.224. The first kappa shape index (κ1) is 7.41. The fourth-order valence-corrected chi connectivity index (χ4v) is 4.40. The fourth-order valence-electron chi connectivity index (χ4n) is 4.40. The van der Waals surface area contributed by atoms with E-state index in [0.29, 0.717) is 0 Å². The molecule has 12 heavy (non-hydrogen) atoms. The van der Waals surface area contributed by atoms with Crippen molar-refractivity contribution in [3.8, 4) is 0 Å². The van der Waals surface area contributed by atoms with Gasteiger partial charge in [-0.15, -0.1) is 0 Å². The third-order valence-corrected chi connectivity index (χ3v) is 4.84. The van der Waals surface area contributed by atoms with Gasteiger partial charge in [0.05, 0.1) is 0 Å². The van der Waals surface area contributed by atoms with Gasteiger partial charge in [-0.25, -0.2) is 0 Å². The molecule has 0 heterocycles. The maximum absolute atomic E-state index is 1.62. The Kier molecular flexibility index (Phi) is 1.70. The number of rotatable bonds is 0. The number of fused-ring (bicyclic) bond motifs is 3. The van der Waals surface area contributed by atoms with Crippen LogP contribution in [0.15, 0.2) is 0 Å². The van der Waals surface area contributed by atoms with Gasteiger partial charge in [0, 0.05) is 0 Å². The van der Waals surface area contributed by atoms with E-state index >= 15 is 0 Å². The Morgan fingerprint density at radius 2 is 1.17 bits per heavy atom. The van der Waals surface area contributed by atoms with Gasteiger partial charge >= 0.3 is 0 Å². The Morgan fingerprint density at radius 3 is 2.00 bits per heavy atom. The number of hydrogen-bond acceptors (Lipinski definition) is 0. The summed E-state index contributed by atoms with van der Waals surface area (Å²) in [5.74, 6) is 4.73. The lowest BCUT2D eigenvalue weighted by Crippen LogP contribution is -2.18. The second kappa shape index (κ2) is 2.75. The predicted molar refractivity (Wildman–Crippen MR) is 50.9 cm³/mol. The van der Waals surface area contributed by atoms with Gasteiger partial charge in [-0.05, 0) is 42.9 Å². The summed E-state index contributed by atoms with van der Waals surface area (Å²) >= 11 is 0. The summed E-state index contributed by atoms with van der Waals surface area (Å²) in [4.78, 5) is 0. The molecule has 0 bridgehead atoms. The van der Waals surface area contributed by atoms with Gasteiger partial charge in [0.2, 0.25) is 0 Å². The summed E-state index contributed by atoms with van der Waals surface area (Å²) in [6, 6.07) is 0. The minimum Gasteiger partial charge on any atom is -0.0530 e. The van der Waals surface area contributed by atoms with E-state index in [9.17, 15) is 0 Å². The second-order valence-electron chi connectivity index (χ2n) is 5.30. The molecule has 0 aromatic rings. The first-order valence-corrected chi connectivity index (χ1v) is 5.95. The number of hydrogen-bond donors (Lipinski definition) is 0. The Hall–Kier alpha value is 0. The molecular weight excluding hydrogens is 144 g/mol. The molecule has 0 aromatic carbocycles. The summed E-state index contributed by atoms with van der Waals surface area (Å²) in [6.45, 7) is 0. The summed E-state index contributed by atoms with van der Waals surface area (Å²) in [6.07, 6.45) is 12.6. The molecule has 3 fully saturated rings. The SMILES string of the molecule is C1CCC2C(C1)CC1CCCC12. The third-order valence-electron chi connectivity index (χ3n) is 4.84. The molecule has 3 saturated carbocycles. The Morgan fingerprint density at radius 1 is 0.583 bits per heavy atom. The average Bonchev–Trinajstić information content (AvgIpc) is 2.62. The van der Waals surface area contributed by atoms with Gasteiger partial charge in [-0.2, -0.15) is 0 Å². The van der Waals surface area contributed by atoms with Crippen LogP contribution in [0.1, 0.15) is 51.4 Å². The van der Waals surface area contributed by atoms with Crippen LogP contribution >= 0.6 is 0 Å². The van der Waals surface area contributed by atoms with Crippen LogP contribution in [0.5, 0.6) is 0 Å². The smallest absolute Gasteiger partial charge is 0.0355 e. The van der Waals surface area contributed by atoms with Crippen molar-refractivity contribution in [2.75, 3.05) is 0 Å². The van der Waals surface area contributed by atoms with Crippen LogP contribution in [-0.2, 0) is 0 Å². The molecule has 0 amide bonds. The quantitative estimate of drug-likeness (QED) is 0.513. The zero-order chi connectivity index (χ0) is 7.97. The molecule has 0 saturated heterocycles. The standard InChI is InChI=1S/C12H20/c1-2-6-11-9(4-1)8-10-5-3-7-12(10)11/h9-12H,1-8H2. The third kappa shape index (κ3) is 0.963. The van der Waals surface area contributed by atoms with Crippen molar-refractivity contribution in [2.45, 2.75) is 51.4 Å². The summed E-state index contributed by atoms with van der Waals surface area (Å²) in [5.41, 5.74) is 0. The lowest BCUT2D eigenvalue weighted by atomic mass is 9.77. The molecule has 3 aliphatic carbocycles. The molecule has 0 N–H and O–H groups in total. The van der Waals surface area contributed by atoms with E-state index in [1.807, 2.05) is 0 Å². The van der Waals surface area contributed by atoms with Gasteiger partial charge < -0.3 is 0 Å². The highest BCUT2D eigenvalue weighted by atomic mass is 14.5. The Labute approximate surface area is 75.7 Å². The molecule has 0 heteroatoms. The fraction of sp³-hybridized carbons (Fsp3) is 1.00. The Balaban J connectivity index is 1.79. The molecule has 0 radical (unpaired) electrons. The molecule has 3 aliphatic rings. The van der Waals surface area contributed by atoms with Crippen LogP contribution in [0.25, 0.3) is 0 Å². The molecule has 0 aromatic heterocycles. The summed E-state index contributed by atoms with van der Waals surface area (Å²) in [5, 5.41) is 0. The van der Waals surface area contributed by atoms with Gasteiger partial charge in [0.25, 0.3) is 0 Å². The highest BCUT2D eigenvalue weighted by Gasteiger charge is 2.45. The van der Waals surface area contributed by atoms with E-state index in [1.54, 1.807) is 51.4 Å². The minimum atomic E-state index is 1.18. The highest BCUT2D eigenvalue weighted by molar-refractivity contribution is 4.95. The van der Waals surface area contributed by atoms with Crippen molar-refractivity contribution in [1.29, 1.82) is 0 Å². The van der Waals surface area contributed by atoms with Crippen LogP contribution in [0, 0.1) is 23.7 Å². The second-order valence-corrected chi connectivity index (χ2v) is 5.30. The van der Waals surface area contributed by atoms with Gasteiger partial charge in [0.15, 0.2) is 0 Å². The summed E-state index contributed by atoms with van der Waals surface area (Å²) < 4.78 is 0. The van der Waals surface area contributed by atoms with Gasteiger partial charge in [-0.1, -0.05) is 32.1 Å². The van der Waals surface area contributed by atoms with E-state index < -0.39 is 0 Å². The zero-order valence-electron chi connectivity index (χ0n) is 7.97. The first-order valence-electron chi connectivity index (χ1n) is 5.95. The molecule has 4 atom stereocenters. The van der Waals surface area contributed by atoms with Gasteiger partial charge in [0.1, 0.15) is 0 Å². The van der Waals surface area contributed by atoms with Crippen LogP contribution in [-0.4, -0.2) is 0 Å². The lowest BCUT2D eigenvalue weighted by Gasteiger charge is -2.28. The van der Waals surface area contributed by atoms with Crippen LogP contribution in [0.4, 0.5) is 0 Å². The maximum atomic E-state index is 1.62.